The van der Waals surface area contributed by atoms with Gasteiger partial charge in [0, 0.05) is 36.6 Å². The second kappa shape index (κ2) is 10.6. The van der Waals surface area contributed by atoms with E-state index in [-0.39, 0.29) is 0 Å². The third-order valence-electron chi connectivity index (χ3n) is 14.0. The van der Waals surface area contributed by atoms with Crippen LogP contribution < -0.4 is 0 Å². The first-order valence-electron chi connectivity index (χ1n) is 19.5. The number of rotatable bonds is 3. The SMILES string of the molecule is c1ccc2c(c1)-c1ccc(-c3ccc(-n4c5ccccc5c5cc(-c6ccc7sc8ccccc8c7c6)ccc54)cc3)cc1C1CC3CC2C2C(C1)C32. The molecule has 5 aliphatic rings. The van der Waals surface area contributed by atoms with E-state index in [1.54, 1.807) is 11.1 Å². The van der Waals surface area contributed by atoms with Gasteiger partial charge in [-0.05, 0) is 148 Å². The number of hydrogen-bond donors (Lipinski definition) is 0. The first-order chi connectivity index (χ1) is 26.2. The summed E-state index contributed by atoms with van der Waals surface area (Å²) in [5.41, 5.74) is 15.1. The van der Waals surface area contributed by atoms with Crippen LogP contribution in [0.25, 0.3) is 81.0 Å². The van der Waals surface area contributed by atoms with Crippen LogP contribution in [0.4, 0.5) is 0 Å². The molecule has 2 heterocycles. The highest BCUT2D eigenvalue weighted by molar-refractivity contribution is 7.25. The Hall–Kier alpha value is -5.44. The average molecular weight is 696 g/mol. The summed E-state index contributed by atoms with van der Waals surface area (Å²) in [6.07, 6.45) is 4.18. The average Bonchev–Trinajstić information content (AvgIpc) is 3.46. The van der Waals surface area contributed by atoms with Crippen LogP contribution in [0.3, 0.4) is 0 Å². The number of aromatic nitrogens is 1. The topological polar surface area (TPSA) is 4.93 Å². The quantitative estimate of drug-likeness (QED) is 0.173. The lowest BCUT2D eigenvalue weighted by atomic mass is 9.74. The Morgan fingerprint density at radius 2 is 1.13 bits per heavy atom. The summed E-state index contributed by atoms with van der Waals surface area (Å²) >= 11 is 1.88. The standard InChI is InChI=1S/C51H37NS/c1-2-8-37-36(7-1)38-20-15-30(24-41(38)33-23-34-28-44(37)51-45(27-33)50(34)51)29-13-18-35(19-14-29)52-46-11-5-3-9-39(46)42-25-31(16-21-47(42)52)32-17-22-49-43(26-32)40-10-4-6-12-48(40)53-49/h1-22,24-26,33-34,44-45,50-51H,23,27-28H2. The molecule has 0 amide bonds. The van der Waals surface area contributed by atoms with Crippen LogP contribution in [0.15, 0.2) is 152 Å². The van der Waals surface area contributed by atoms with Crippen molar-refractivity contribution in [3.8, 4) is 39.1 Å². The molecule has 2 aromatic heterocycles. The van der Waals surface area contributed by atoms with E-state index in [1.165, 1.54) is 100 Å². The Kier molecular flexibility index (Phi) is 5.80. The van der Waals surface area contributed by atoms with Crippen molar-refractivity contribution in [2.24, 2.45) is 23.7 Å². The molecule has 3 fully saturated rings. The van der Waals surface area contributed by atoms with E-state index in [1.807, 2.05) is 11.3 Å². The summed E-state index contributed by atoms with van der Waals surface area (Å²) in [5, 5.41) is 5.27. The van der Waals surface area contributed by atoms with E-state index < -0.39 is 0 Å². The van der Waals surface area contributed by atoms with E-state index in [2.05, 4.69) is 156 Å². The minimum absolute atomic E-state index is 0.682. The second-order valence-electron chi connectivity index (χ2n) is 16.4. The maximum absolute atomic E-state index is 2.57. The minimum Gasteiger partial charge on any atom is -0.309 e. The third kappa shape index (κ3) is 4.08. The van der Waals surface area contributed by atoms with E-state index in [9.17, 15) is 0 Å². The highest BCUT2D eigenvalue weighted by Gasteiger charge is 2.65. The van der Waals surface area contributed by atoms with E-state index in [0.717, 1.165) is 29.6 Å². The molecule has 0 radical (unpaired) electrons. The van der Waals surface area contributed by atoms with Gasteiger partial charge < -0.3 is 4.57 Å². The Morgan fingerprint density at radius 1 is 0.453 bits per heavy atom. The third-order valence-corrected chi connectivity index (χ3v) is 15.1. The van der Waals surface area contributed by atoms with Gasteiger partial charge in [-0.3, -0.25) is 0 Å². The molecule has 0 saturated heterocycles. The van der Waals surface area contributed by atoms with Gasteiger partial charge in [-0.15, -0.1) is 11.3 Å². The molecule has 0 N–H and O–H groups in total. The summed E-state index contributed by atoms with van der Waals surface area (Å²) in [4.78, 5) is 0. The number of para-hydroxylation sites is 1. The Labute approximate surface area is 313 Å². The lowest BCUT2D eigenvalue weighted by Gasteiger charge is -2.30. The largest absolute Gasteiger partial charge is 0.309 e. The molecule has 7 aromatic carbocycles. The van der Waals surface area contributed by atoms with Crippen molar-refractivity contribution in [1.82, 2.24) is 4.57 Å². The Morgan fingerprint density at radius 3 is 2.04 bits per heavy atom. The van der Waals surface area contributed by atoms with Crippen molar-refractivity contribution >= 4 is 53.3 Å². The molecule has 1 nitrogen and oxygen atoms in total. The molecule has 9 aromatic rings. The van der Waals surface area contributed by atoms with E-state index >= 15 is 0 Å². The lowest BCUT2D eigenvalue weighted by Crippen LogP contribution is -2.18. The van der Waals surface area contributed by atoms with Gasteiger partial charge in [0.05, 0.1) is 11.0 Å². The molecule has 53 heavy (non-hydrogen) atoms. The van der Waals surface area contributed by atoms with Gasteiger partial charge in [0.2, 0.25) is 0 Å². The molecule has 0 aliphatic heterocycles. The summed E-state index contributed by atoms with van der Waals surface area (Å²) in [6.45, 7) is 0. The fourth-order valence-corrected chi connectivity index (χ4v) is 12.9. The van der Waals surface area contributed by atoms with Crippen LogP contribution in [-0.2, 0) is 0 Å². The molecule has 252 valence electrons. The normalized spacial score (nSPS) is 23.6. The molecule has 5 aliphatic carbocycles. The van der Waals surface area contributed by atoms with E-state index in [4.69, 9.17) is 0 Å². The van der Waals surface area contributed by atoms with Crippen LogP contribution >= 0.6 is 11.3 Å². The van der Waals surface area contributed by atoms with Gasteiger partial charge in [0.25, 0.3) is 0 Å². The zero-order valence-electron chi connectivity index (χ0n) is 29.4. The molecule has 14 rings (SSSR count). The van der Waals surface area contributed by atoms with Gasteiger partial charge >= 0.3 is 0 Å². The van der Waals surface area contributed by atoms with Crippen LogP contribution in [0.5, 0.6) is 0 Å². The van der Waals surface area contributed by atoms with Gasteiger partial charge in [-0.1, -0.05) is 103 Å². The molecule has 2 heteroatoms. The number of benzene rings is 7. The smallest absolute Gasteiger partial charge is 0.0541 e. The highest BCUT2D eigenvalue weighted by atomic mass is 32.1. The van der Waals surface area contributed by atoms with Gasteiger partial charge in [0.15, 0.2) is 0 Å². The van der Waals surface area contributed by atoms with Gasteiger partial charge in [-0.2, -0.15) is 0 Å². The molecule has 0 spiro atoms. The molecule has 6 atom stereocenters. The monoisotopic (exact) mass is 695 g/mol. The highest BCUT2D eigenvalue weighted by Crippen LogP contribution is 2.74. The lowest BCUT2D eigenvalue weighted by molar-refractivity contribution is 0.283. The van der Waals surface area contributed by atoms with Gasteiger partial charge in [-0.25, -0.2) is 0 Å². The van der Waals surface area contributed by atoms with E-state index in [0.29, 0.717) is 5.92 Å². The number of thiophene rings is 1. The summed E-state index contributed by atoms with van der Waals surface area (Å²) < 4.78 is 5.14. The van der Waals surface area contributed by atoms with Crippen LogP contribution in [-0.4, -0.2) is 4.57 Å². The van der Waals surface area contributed by atoms with Crippen LogP contribution in [0.1, 0.15) is 42.2 Å². The summed E-state index contributed by atoms with van der Waals surface area (Å²) in [7, 11) is 0. The Bertz CT molecular complexity index is 2980. The number of fused-ring (bicyclic) bond motifs is 6. The fourth-order valence-electron chi connectivity index (χ4n) is 11.8. The predicted octanol–water partition coefficient (Wildman–Crippen LogP) is 14.0. The number of hydrogen-bond acceptors (Lipinski definition) is 1. The molecule has 6 unspecified atom stereocenters. The minimum atomic E-state index is 0.682. The molecule has 4 bridgehead atoms. The predicted molar refractivity (Wildman–Crippen MR) is 223 cm³/mol. The van der Waals surface area contributed by atoms with Crippen molar-refractivity contribution in [1.29, 1.82) is 0 Å². The number of nitrogens with zero attached hydrogens (tertiary/aromatic N) is 1. The zero-order chi connectivity index (χ0) is 34.4. The zero-order valence-corrected chi connectivity index (χ0v) is 30.2. The summed E-state index contributed by atoms with van der Waals surface area (Å²) in [5.74, 6) is 5.27. The molecular weight excluding hydrogens is 659 g/mol. The van der Waals surface area contributed by atoms with Crippen LogP contribution in [0.2, 0.25) is 0 Å². The van der Waals surface area contributed by atoms with Crippen molar-refractivity contribution in [3.05, 3.63) is 163 Å². The first kappa shape index (κ1) is 29.1. The van der Waals surface area contributed by atoms with Gasteiger partial charge in [0.1, 0.15) is 0 Å². The molecular formula is C51H37NS. The van der Waals surface area contributed by atoms with Crippen LogP contribution in [0, 0.1) is 23.7 Å². The maximum Gasteiger partial charge on any atom is 0.0541 e. The van der Waals surface area contributed by atoms with Crippen molar-refractivity contribution in [2.45, 2.75) is 31.1 Å². The van der Waals surface area contributed by atoms with Crippen molar-refractivity contribution in [2.75, 3.05) is 0 Å². The fraction of sp³-hybridized carbons (Fsp3) is 0.176. The maximum atomic E-state index is 2.57. The molecule has 3 saturated carbocycles. The first-order valence-corrected chi connectivity index (χ1v) is 20.4. The Balaban J connectivity index is 0.898. The second-order valence-corrected chi connectivity index (χ2v) is 17.5. The summed E-state index contributed by atoms with van der Waals surface area (Å²) in [6, 6.07) is 57.8. The van der Waals surface area contributed by atoms with Crippen molar-refractivity contribution in [3.63, 3.8) is 0 Å². The van der Waals surface area contributed by atoms with Crippen molar-refractivity contribution < 1.29 is 0 Å².